The number of halogens is 2. The van der Waals surface area contributed by atoms with Gasteiger partial charge in [0.25, 0.3) is 0 Å². The molecule has 1 amide bonds. The number of nitrogens with one attached hydrogen (secondary N) is 1. The smallest absolute Gasteiger partial charge is 0.224 e. The lowest BCUT2D eigenvalue weighted by atomic mass is 10.1. The average Bonchev–Trinajstić information content (AvgIpc) is 2.63. The predicted octanol–water partition coefficient (Wildman–Crippen LogP) is 3.80. The lowest BCUT2D eigenvalue weighted by Gasteiger charge is -2.07. The van der Waals surface area contributed by atoms with E-state index < -0.39 is 0 Å². The molecule has 0 atom stereocenters. The number of aromatic nitrogens is 2. The molecular formula is C19H15ClFN3O. The zero-order chi connectivity index (χ0) is 17.6. The molecule has 0 bridgehead atoms. The summed E-state index contributed by atoms with van der Waals surface area (Å²) in [5.74, 6) is -0.406. The fraction of sp³-hybridized carbons (Fsp3) is 0.105. The van der Waals surface area contributed by atoms with Crippen molar-refractivity contribution < 1.29 is 9.18 Å². The minimum atomic E-state index is -0.299. The Morgan fingerprint density at radius 2 is 1.76 bits per heavy atom. The number of benzene rings is 2. The van der Waals surface area contributed by atoms with Crippen LogP contribution in [0.25, 0.3) is 11.3 Å². The van der Waals surface area contributed by atoms with Crippen LogP contribution in [0, 0.1) is 5.82 Å². The number of rotatable bonds is 5. The van der Waals surface area contributed by atoms with Crippen molar-refractivity contribution in [2.45, 2.75) is 13.0 Å². The van der Waals surface area contributed by atoms with E-state index in [1.165, 1.54) is 18.5 Å². The Kier molecular flexibility index (Phi) is 5.36. The molecular weight excluding hydrogens is 341 g/mol. The molecule has 0 spiro atoms. The SMILES string of the molecule is O=C(Cc1ccc(Cl)cc1)NCc1cc(-c2ccc(F)cc2)ncn1. The van der Waals surface area contributed by atoms with Crippen LogP contribution in [0.15, 0.2) is 60.9 Å². The zero-order valence-corrected chi connectivity index (χ0v) is 14.0. The van der Waals surface area contributed by atoms with E-state index in [2.05, 4.69) is 15.3 Å². The van der Waals surface area contributed by atoms with Gasteiger partial charge in [-0.2, -0.15) is 0 Å². The fourth-order valence-electron chi connectivity index (χ4n) is 2.31. The van der Waals surface area contributed by atoms with Crippen molar-refractivity contribution in [3.8, 4) is 11.3 Å². The van der Waals surface area contributed by atoms with Gasteiger partial charge >= 0.3 is 0 Å². The van der Waals surface area contributed by atoms with Gasteiger partial charge < -0.3 is 5.32 Å². The van der Waals surface area contributed by atoms with Crippen molar-refractivity contribution in [2.24, 2.45) is 0 Å². The quantitative estimate of drug-likeness (QED) is 0.757. The summed E-state index contributed by atoms with van der Waals surface area (Å²) in [7, 11) is 0. The Labute approximate surface area is 149 Å². The van der Waals surface area contributed by atoms with E-state index in [1.54, 1.807) is 30.3 Å². The van der Waals surface area contributed by atoms with E-state index in [0.29, 0.717) is 23.0 Å². The van der Waals surface area contributed by atoms with Crippen molar-refractivity contribution in [1.29, 1.82) is 0 Å². The van der Waals surface area contributed by atoms with Crippen molar-refractivity contribution in [3.63, 3.8) is 0 Å². The summed E-state index contributed by atoms with van der Waals surface area (Å²) >= 11 is 5.83. The van der Waals surface area contributed by atoms with Gasteiger partial charge in [-0.05, 0) is 48.0 Å². The normalized spacial score (nSPS) is 10.5. The molecule has 4 nitrogen and oxygen atoms in total. The number of carbonyl (C=O) groups excluding carboxylic acids is 1. The molecule has 6 heteroatoms. The third kappa shape index (κ3) is 4.84. The molecule has 3 rings (SSSR count). The van der Waals surface area contributed by atoms with Gasteiger partial charge in [-0.1, -0.05) is 23.7 Å². The van der Waals surface area contributed by atoms with Crippen LogP contribution >= 0.6 is 11.6 Å². The number of amides is 1. The van der Waals surface area contributed by atoms with Gasteiger partial charge in [-0.15, -0.1) is 0 Å². The largest absolute Gasteiger partial charge is 0.350 e. The lowest BCUT2D eigenvalue weighted by molar-refractivity contribution is -0.120. The van der Waals surface area contributed by atoms with Crippen LogP contribution in [0.2, 0.25) is 5.02 Å². The third-order valence-electron chi connectivity index (χ3n) is 3.61. The summed E-state index contributed by atoms with van der Waals surface area (Å²) < 4.78 is 13.0. The van der Waals surface area contributed by atoms with Crippen LogP contribution in [0.5, 0.6) is 0 Å². The zero-order valence-electron chi connectivity index (χ0n) is 13.2. The first-order chi connectivity index (χ1) is 12.1. The van der Waals surface area contributed by atoms with Crippen LogP contribution in [0.1, 0.15) is 11.3 Å². The van der Waals surface area contributed by atoms with Gasteiger partial charge in [-0.3, -0.25) is 4.79 Å². The summed E-state index contributed by atoms with van der Waals surface area (Å²) in [6.07, 6.45) is 1.70. The number of hydrogen-bond acceptors (Lipinski definition) is 3. The van der Waals surface area contributed by atoms with Gasteiger partial charge in [0.2, 0.25) is 5.91 Å². The highest BCUT2D eigenvalue weighted by molar-refractivity contribution is 6.30. The van der Waals surface area contributed by atoms with Crippen LogP contribution in [0.3, 0.4) is 0 Å². The monoisotopic (exact) mass is 355 g/mol. The van der Waals surface area contributed by atoms with Gasteiger partial charge in [0.05, 0.1) is 24.4 Å². The Morgan fingerprint density at radius 3 is 2.48 bits per heavy atom. The highest BCUT2D eigenvalue weighted by Gasteiger charge is 2.06. The minimum absolute atomic E-state index is 0.107. The van der Waals surface area contributed by atoms with Crippen molar-refractivity contribution >= 4 is 17.5 Å². The summed E-state index contributed by atoms with van der Waals surface area (Å²) in [6.45, 7) is 0.295. The molecule has 0 fully saturated rings. The average molecular weight is 356 g/mol. The van der Waals surface area contributed by atoms with Crippen molar-refractivity contribution in [3.05, 3.63) is 83.0 Å². The molecule has 126 valence electrons. The molecule has 0 unspecified atom stereocenters. The van der Waals surface area contributed by atoms with Crippen LogP contribution < -0.4 is 5.32 Å². The maximum Gasteiger partial charge on any atom is 0.224 e. The first kappa shape index (κ1) is 17.0. The van der Waals surface area contributed by atoms with E-state index >= 15 is 0 Å². The van der Waals surface area contributed by atoms with Crippen molar-refractivity contribution in [1.82, 2.24) is 15.3 Å². The Hall–Kier alpha value is -2.79. The summed E-state index contributed by atoms with van der Waals surface area (Å²) in [5, 5.41) is 3.47. The molecule has 0 aliphatic rings. The first-order valence-corrected chi connectivity index (χ1v) is 8.06. The maximum absolute atomic E-state index is 13.0. The molecule has 1 heterocycles. The van der Waals surface area contributed by atoms with Gasteiger partial charge in [0, 0.05) is 10.6 Å². The predicted molar refractivity (Wildman–Crippen MR) is 94.4 cm³/mol. The summed E-state index contributed by atoms with van der Waals surface area (Å²) in [4.78, 5) is 20.4. The molecule has 0 aliphatic carbocycles. The third-order valence-corrected chi connectivity index (χ3v) is 3.86. The van der Waals surface area contributed by atoms with Crippen LogP contribution in [-0.4, -0.2) is 15.9 Å². The maximum atomic E-state index is 13.0. The van der Waals surface area contributed by atoms with E-state index in [4.69, 9.17) is 11.6 Å². The molecule has 25 heavy (non-hydrogen) atoms. The highest BCUT2D eigenvalue weighted by atomic mass is 35.5. The molecule has 0 saturated heterocycles. The standard InChI is InChI=1S/C19H15ClFN3O/c20-15-5-1-13(2-6-15)9-19(25)22-11-17-10-18(24-12-23-17)14-3-7-16(21)8-4-14/h1-8,10,12H,9,11H2,(H,22,25). The molecule has 2 aromatic carbocycles. The van der Waals surface area contributed by atoms with Gasteiger partial charge in [0.15, 0.2) is 0 Å². The molecule has 0 radical (unpaired) electrons. The van der Waals surface area contributed by atoms with Gasteiger partial charge in [0.1, 0.15) is 12.1 Å². The fourth-order valence-corrected chi connectivity index (χ4v) is 2.44. The van der Waals surface area contributed by atoms with Crippen LogP contribution in [-0.2, 0) is 17.8 Å². The lowest BCUT2D eigenvalue weighted by Crippen LogP contribution is -2.25. The molecule has 1 N–H and O–H groups in total. The highest BCUT2D eigenvalue weighted by Crippen LogP contribution is 2.17. The van der Waals surface area contributed by atoms with E-state index in [9.17, 15) is 9.18 Å². The van der Waals surface area contributed by atoms with E-state index in [-0.39, 0.29) is 18.1 Å². The molecule has 3 aromatic rings. The second kappa shape index (κ2) is 7.85. The topological polar surface area (TPSA) is 54.9 Å². The molecule has 1 aromatic heterocycles. The number of hydrogen-bond donors (Lipinski definition) is 1. The number of carbonyl (C=O) groups is 1. The van der Waals surface area contributed by atoms with Gasteiger partial charge in [-0.25, -0.2) is 14.4 Å². The van der Waals surface area contributed by atoms with E-state index in [1.807, 2.05) is 12.1 Å². The second-order valence-electron chi connectivity index (χ2n) is 5.48. The molecule has 0 aliphatic heterocycles. The number of nitrogens with zero attached hydrogens (tertiary/aromatic N) is 2. The summed E-state index contributed by atoms with van der Waals surface area (Å²) in [5.41, 5.74) is 3.03. The Balaban J connectivity index is 1.61. The molecule has 0 saturated carbocycles. The van der Waals surface area contributed by atoms with E-state index in [0.717, 1.165) is 11.1 Å². The Bertz CT molecular complexity index is 867. The van der Waals surface area contributed by atoms with Crippen molar-refractivity contribution in [2.75, 3.05) is 0 Å². The second-order valence-corrected chi connectivity index (χ2v) is 5.92. The Morgan fingerprint density at radius 1 is 1.04 bits per heavy atom. The van der Waals surface area contributed by atoms with Crippen LogP contribution in [0.4, 0.5) is 4.39 Å². The summed E-state index contributed by atoms with van der Waals surface area (Å²) in [6, 6.07) is 15.0. The first-order valence-electron chi connectivity index (χ1n) is 7.68. The minimum Gasteiger partial charge on any atom is -0.350 e.